The van der Waals surface area contributed by atoms with E-state index < -0.39 is 5.97 Å². The monoisotopic (exact) mass is 324 g/mol. The van der Waals surface area contributed by atoms with Crippen LogP contribution < -0.4 is 0 Å². The van der Waals surface area contributed by atoms with Gasteiger partial charge in [0.1, 0.15) is 0 Å². The summed E-state index contributed by atoms with van der Waals surface area (Å²) in [4.78, 5) is 10.6. The van der Waals surface area contributed by atoms with E-state index in [1.165, 1.54) is 70.6 Å². The zero-order chi connectivity index (χ0) is 16.9. The average Bonchev–Trinajstić information content (AvgIpc) is 3.27. The summed E-state index contributed by atoms with van der Waals surface area (Å²) in [6.07, 6.45) is 19.3. The van der Waals surface area contributed by atoms with Gasteiger partial charge >= 0.3 is 5.97 Å². The topological polar surface area (TPSA) is 49.8 Å². The van der Waals surface area contributed by atoms with E-state index in [0.717, 1.165) is 12.8 Å². The van der Waals surface area contributed by atoms with Crippen molar-refractivity contribution in [3.63, 3.8) is 0 Å². The summed E-state index contributed by atoms with van der Waals surface area (Å²) in [7, 11) is 0. The Morgan fingerprint density at radius 1 is 0.913 bits per heavy atom. The maximum atomic E-state index is 10.6. The van der Waals surface area contributed by atoms with Gasteiger partial charge in [0.05, 0.1) is 12.2 Å². The van der Waals surface area contributed by atoms with Crippen LogP contribution in [0.25, 0.3) is 0 Å². The number of hydrogen-bond acceptors (Lipinski definition) is 2. The molecule has 3 nitrogen and oxygen atoms in total. The Labute approximate surface area is 142 Å². The van der Waals surface area contributed by atoms with Crippen LogP contribution in [-0.4, -0.2) is 23.3 Å². The summed E-state index contributed by atoms with van der Waals surface area (Å²) in [6.45, 7) is 3.92. The molecule has 0 aliphatic carbocycles. The molecule has 3 heteroatoms. The smallest absolute Gasteiger partial charge is 0.330 e. The molecule has 1 aliphatic rings. The molecule has 2 unspecified atom stereocenters. The van der Waals surface area contributed by atoms with Crippen molar-refractivity contribution in [1.82, 2.24) is 0 Å². The minimum absolute atomic E-state index is 0.472. The van der Waals surface area contributed by atoms with Crippen LogP contribution in [0.4, 0.5) is 0 Å². The van der Waals surface area contributed by atoms with Crippen LogP contribution >= 0.6 is 0 Å². The maximum Gasteiger partial charge on any atom is 0.330 e. The van der Waals surface area contributed by atoms with E-state index in [1.807, 2.05) is 6.08 Å². The highest BCUT2D eigenvalue weighted by Gasteiger charge is 2.36. The van der Waals surface area contributed by atoms with Gasteiger partial charge in [-0.1, -0.05) is 70.8 Å². The second-order valence-corrected chi connectivity index (χ2v) is 6.95. The molecule has 0 amide bonds. The third-order valence-electron chi connectivity index (χ3n) is 4.76. The second-order valence-electron chi connectivity index (χ2n) is 6.95. The number of ether oxygens (including phenoxy) is 1. The SMILES string of the molecule is CCCCCC1OC1CCCCCCCCCC=C(C)C(=O)O. The van der Waals surface area contributed by atoms with E-state index in [4.69, 9.17) is 9.84 Å². The molecule has 0 spiro atoms. The van der Waals surface area contributed by atoms with Crippen molar-refractivity contribution in [3.05, 3.63) is 11.6 Å². The van der Waals surface area contributed by atoms with Crippen molar-refractivity contribution < 1.29 is 14.6 Å². The molecule has 0 aromatic heterocycles. The number of allylic oxidation sites excluding steroid dienone is 1. The van der Waals surface area contributed by atoms with E-state index >= 15 is 0 Å². The Bertz CT molecular complexity index is 349. The Balaban J connectivity index is 1.79. The fourth-order valence-corrected chi connectivity index (χ4v) is 3.06. The van der Waals surface area contributed by atoms with Gasteiger partial charge in [0, 0.05) is 5.57 Å². The van der Waals surface area contributed by atoms with Crippen LogP contribution in [-0.2, 0) is 9.53 Å². The minimum atomic E-state index is -0.794. The number of carbonyl (C=O) groups is 1. The summed E-state index contributed by atoms with van der Waals surface area (Å²) in [5.74, 6) is -0.794. The molecule has 2 atom stereocenters. The molecule has 0 radical (unpaired) electrons. The lowest BCUT2D eigenvalue weighted by atomic mass is 10.0. The Morgan fingerprint density at radius 3 is 2.00 bits per heavy atom. The normalized spacial score (nSPS) is 20.7. The van der Waals surface area contributed by atoms with E-state index in [2.05, 4.69) is 6.92 Å². The van der Waals surface area contributed by atoms with Crippen molar-refractivity contribution in [3.8, 4) is 0 Å². The number of aliphatic carboxylic acids is 1. The van der Waals surface area contributed by atoms with Crippen molar-refractivity contribution >= 4 is 5.97 Å². The molecule has 0 bridgehead atoms. The predicted octanol–water partition coefficient (Wildman–Crippen LogP) is 5.88. The highest BCUT2D eigenvalue weighted by molar-refractivity contribution is 5.85. The van der Waals surface area contributed by atoms with Gasteiger partial charge < -0.3 is 9.84 Å². The molecule has 1 saturated heterocycles. The number of unbranched alkanes of at least 4 members (excludes halogenated alkanes) is 9. The zero-order valence-corrected chi connectivity index (χ0v) is 15.2. The van der Waals surface area contributed by atoms with E-state index in [-0.39, 0.29) is 0 Å². The number of carboxylic acids is 1. The van der Waals surface area contributed by atoms with Crippen molar-refractivity contribution in [1.29, 1.82) is 0 Å². The molecule has 0 saturated carbocycles. The molecule has 1 rings (SSSR count). The molecule has 1 heterocycles. The molecule has 1 aliphatic heterocycles. The van der Waals surface area contributed by atoms with Gasteiger partial charge in [-0.25, -0.2) is 4.79 Å². The summed E-state index contributed by atoms with van der Waals surface area (Å²) in [6, 6.07) is 0. The van der Waals surface area contributed by atoms with E-state index in [1.54, 1.807) is 6.92 Å². The molecule has 1 fully saturated rings. The highest BCUT2D eigenvalue weighted by Crippen LogP contribution is 2.31. The second kappa shape index (κ2) is 12.6. The van der Waals surface area contributed by atoms with Gasteiger partial charge in [0.15, 0.2) is 0 Å². The first-order chi connectivity index (χ1) is 11.1. The summed E-state index contributed by atoms with van der Waals surface area (Å²) < 4.78 is 5.72. The number of rotatable bonds is 15. The predicted molar refractivity (Wildman–Crippen MR) is 95.7 cm³/mol. The number of epoxide rings is 1. The minimum Gasteiger partial charge on any atom is -0.478 e. The third kappa shape index (κ3) is 10.5. The lowest BCUT2D eigenvalue weighted by Gasteiger charge is -2.01. The Hall–Kier alpha value is -0.830. The van der Waals surface area contributed by atoms with Gasteiger partial charge in [-0.05, 0) is 32.6 Å². The third-order valence-corrected chi connectivity index (χ3v) is 4.76. The zero-order valence-electron chi connectivity index (χ0n) is 15.2. The standard InChI is InChI=1S/C20H36O3/c1-3-4-11-15-18-19(23-18)16-13-10-8-6-5-7-9-12-14-17(2)20(21)22/h14,18-19H,3-13,15-16H2,1-2H3,(H,21,22). The van der Waals surface area contributed by atoms with Crippen LogP contribution in [0.15, 0.2) is 11.6 Å². The number of carboxylic acid groups (broad SMARTS) is 1. The lowest BCUT2D eigenvalue weighted by molar-refractivity contribution is -0.132. The molecule has 134 valence electrons. The van der Waals surface area contributed by atoms with E-state index in [9.17, 15) is 4.79 Å². The summed E-state index contributed by atoms with van der Waals surface area (Å²) >= 11 is 0. The van der Waals surface area contributed by atoms with Gasteiger partial charge in [0.2, 0.25) is 0 Å². The Kier molecular flexibility index (Phi) is 11.1. The largest absolute Gasteiger partial charge is 0.478 e. The first-order valence-electron chi connectivity index (χ1n) is 9.70. The Morgan fingerprint density at radius 2 is 1.43 bits per heavy atom. The van der Waals surface area contributed by atoms with Gasteiger partial charge in [-0.15, -0.1) is 0 Å². The molecular weight excluding hydrogens is 288 g/mol. The summed E-state index contributed by atoms with van der Waals surface area (Å²) in [5, 5.41) is 8.74. The quantitative estimate of drug-likeness (QED) is 0.232. The van der Waals surface area contributed by atoms with Gasteiger partial charge in [-0.2, -0.15) is 0 Å². The van der Waals surface area contributed by atoms with Crippen LogP contribution in [0, 0.1) is 0 Å². The van der Waals surface area contributed by atoms with Crippen molar-refractivity contribution in [2.45, 2.75) is 110 Å². The van der Waals surface area contributed by atoms with Crippen molar-refractivity contribution in [2.24, 2.45) is 0 Å². The van der Waals surface area contributed by atoms with Gasteiger partial charge in [-0.3, -0.25) is 0 Å². The van der Waals surface area contributed by atoms with Gasteiger partial charge in [0.25, 0.3) is 0 Å². The highest BCUT2D eigenvalue weighted by atomic mass is 16.6. The molecule has 1 N–H and O–H groups in total. The molecule has 23 heavy (non-hydrogen) atoms. The van der Waals surface area contributed by atoms with E-state index in [0.29, 0.717) is 17.8 Å². The van der Waals surface area contributed by atoms with Crippen LogP contribution in [0.1, 0.15) is 97.3 Å². The van der Waals surface area contributed by atoms with Crippen LogP contribution in [0.3, 0.4) is 0 Å². The first-order valence-corrected chi connectivity index (χ1v) is 9.70. The van der Waals surface area contributed by atoms with Crippen molar-refractivity contribution in [2.75, 3.05) is 0 Å². The van der Waals surface area contributed by atoms with Crippen LogP contribution in [0.5, 0.6) is 0 Å². The molecule has 0 aromatic rings. The molecule has 0 aromatic carbocycles. The average molecular weight is 325 g/mol. The number of hydrogen-bond donors (Lipinski definition) is 1. The fourth-order valence-electron chi connectivity index (χ4n) is 3.06. The first kappa shape index (κ1) is 20.2. The molecular formula is C20H36O3. The summed E-state index contributed by atoms with van der Waals surface area (Å²) in [5.41, 5.74) is 0.472. The lowest BCUT2D eigenvalue weighted by Crippen LogP contribution is -1.95. The fraction of sp³-hybridized carbons (Fsp3) is 0.850. The van der Waals surface area contributed by atoms with Crippen LogP contribution in [0.2, 0.25) is 0 Å². The maximum absolute atomic E-state index is 10.6.